The summed E-state index contributed by atoms with van der Waals surface area (Å²) in [5, 5.41) is 5.79. The number of carbonyl (C=O) groups is 2. The van der Waals surface area contributed by atoms with Gasteiger partial charge in [-0.15, -0.1) is 11.8 Å². The van der Waals surface area contributed by atoms with Crippen LogP contribution in [0.15, 0.2) is 29.2 Å². The van der Waals surface area contributed by atoms with Crippen LogP contribution in [0.1, 0.15) is 57.8 Å². The zero-order valence-corrected chi connectivity index (χ0v) is 17.4. The lowest BCUT2D eigenvalue weighted by atomic mass is 9.79. The number of thioether (sulfide) groups is 1. The van der Waals surface area contributed by atoms with Crippen LogP contribution in [0.5, 0.6) is 0 Å². The molecule has 4 rings (SSSR count). The van der Waals surface area contributed by atoms with E-state index in [4.69, 9.17) is 0 Å². The molecule has 1 atom stereocenters. The van der Waals surface area contributed by atoms with Gasteiger partial charge in [-0.1, -0.05) is 37.8 Å². The van der Waals surface area contributed by atoms with Crippen molar-refractivity contribution in [1.29, 1.82) is 0 Å². The maximum Gasteiger partial charge on any atom is 0.238 e. The Morgan fingerprint density at radius 3 is 2.61 bits per heavy atom. The lowest BCUT2D eigenvalue weighted by molar-refractivity contribution is -0.124. The fourth-order valence-corrected chi connectivity index (χ4v) is 6.02. The van der Waals surface area contributed by atoms with E-state index in [0.29, 0.717) is 0 Å². The van der Waals surface area contributed by atoms with Gasteiger partial charge >= 0.3 is 0 Å². The van der Waals surface area contributed by atoms with Crippen molar-refractivity contribution < 1.29 is 9.59 Å². The summed E-state index contributed by atoms with van der Waals surface area (Å²) >= 11 is 1.50. The zero-order chi connectivity index (χ0) is 19.4. The number of hydrogen-bond acceptors (Lipinski definition) is 4. The van der Waals surface area contributed by atoms with Crippen LogP contribution in [0, 0.1) is 0 Å². The largest absolute Gasteiger partial charge is 0.354 e. The molecule has 2 N–H and O–H groups in total. The predicted octanol–water partition coefficient (Wildman–Crippen LogP) is 3.79. The summed E-state index contributed by atoms with van der Waals surface area (Å²) in [6.45, 7) is 3.04. The topological polar surface area (TPSA) is 61.4 Å². The van der Waals surface area contributed by atoms with Crippen LogP contribution in [-0.2, 0) is 9.59 Å². The van der Waals surface area contributed by atoms with Crippen molar-refractivity contribution >= 4 is 29.3 Å². The number of fused-ring (bicyclic) bond motifs is 1. The van der Waals surface area contributed by atoms with Gasteiger partial charge in [0.1, 0.15) is 0 Å². The maximum atomic E-state index is 12.7. The molecular formula is C22H31N3O2S. The van der Waals surface area contributed by atoms with Gasteiger partial charge in [0.05, 0.1) is 10.9 Å². The highest BCUT2D eigenvalue weighted by atomic mass is 32.2. The van der Waals surface area contributed by atoms with Crippen LogP contribution >= 0.6 is 11.8 Å². The van der Waals surface area contributed by atoms with Gasteiger partial charge in [-0.25, -0.2) is 0 Å². The summed E-state index contributed by atoms with van der Waals surface area (Å²) in [6, 6.07) is 7.78. The molecule has 0 spiro atoms. The highest BCUT2D eigenvalue weighted by molar-refractivity contribution is 8.01. The second-order valence-electron chi connectivity index (χ2n) is 8.41. The molecule has 152 valence electrons. The van der Waals surface area contributed by atoms with E-state index in [1.54, 1.807) is 0 Å². The normalized spacial score (nSPS) is 24.9. The Morgan fingerprint density at radius 2 is 1.82 bits per heavy atom. The highest BCUT2D eigenvalue weighted by Crippen LogP contribution is 2.37. The molecule has 1 aromatic rings. The second kappa shape index (κ2) is 8.87. The molecule has 28 heavy (non-hydrogen) atoms. The summed E-state index contributed by atoms with van der Waals surface area (Å²) in [4.78, 5) is 28.8. The minimum atomic E-state index is -0.354. The van der Waals surface area contributed by atoms with Crippen LogP contribution in [0.25, 0.3) is 0 Å². The summed E-state index contributed by atoms with van der Waals surface area (Å²) in [5.41, 5.74) is 0.975. The average Bonchev–Trinajstić information content (AvgIpc) is 2.74. The van der Waals surface area contributed by atoms with Crippen molar-refractivity contribution in [3.8, 4) is 0 Å². The minimum Gasteiger partial charge on any atom is -0.354 e. The van der Waals surface area contributed by atoms with Crippen molar-refractivity contribution in [3.63, 3.8) is 0 Å². The smallest absolute Gasteiger partial charge is 0.238 e. The Kier molecular flexibility index (Phi) is 6.26. The first-order valence-corrected chi connectivity index (χ1v) is 11.6. The quantitative estimate of drug-likeness (QED) is 0.788. The molecule has 1 aromatic carbocycles. The number of amides is 2. The van der Waals surface area contributed by atoms with Crippen LogP contribution in [0.3, 0.4) is 0 Å². The third kappa shape index (κ3) is 4.38. The van der Waals surface area contributed by atoms with Crippen LogP contribution in [0.4, 0.5) is 5.69 Å². The number of anilines is 1. The number of nitrogens with zero attached hydrogens (tertiary/aromatic N) is 1. The molecule has 2 heterocycles. The average molecular weight is 402 g/mol. The van der Waals surface area contributed by atoms with E-state index < -0.39 is 0 Å². The third-order valence-corrected chi connectivity index (χ3v) is 7.78. The number of likely N-dealkylation sites (tertiary alicyclic amines) is 1. The highest BCUT2D eigenvalue weighted by Gasteiger charge is 2.39. The fraction of sp³-hybridized carbons (Fsp3) is 0.636. The Balaban J connectivity index is 1.35. The van der Waals surface area contributed by atoms with E-state index in [9.17, 15) is 9.59 Å². The molecule has 5 nitrogen and oxygen atoms in total. The number of carbonyl (C=O) groups excluding carboxylic acids is 2. The first kappa shape index (κ1) is 19.8. The number of piperidine rings is 1. The Labute approximate surface area is 172 Å². The Bertz CT molecular complexity index is 711. The number of para-hydroxylation sites is 1. The van der Waals surface area contributed by atoms with Crippen LogP contribution < -0.4 is 10.6 Å². The molecule has 1 aliphatic carbocycles. The standard InChI is InChI=1S/C22H31N3O2S/c26-20(15-19-21(27)24-17-9-3-4-10-18(17)28-19)23-16-22(11-5-1-6-12-22)25-13-7-2-8-14-25/h3-4,9-10,19H,1-2,5-8,11-16H2,(H,23,26)(H,24,27)/t19-/m0/s1. The maximum absolute atomic E-state index is 12.7. The second-order valence-corrected chi connectivity index (χ2v) is 9.65. The van der Waals surface area contributed by atoms with Gasteiger partial charge in [-0.2, -0.15) is 0 Å². The van der Waals surface area contributed by atoms with Crippen LogP contribution in [0.2, 0.25) is 0 Å². The van der Waals surface area contributed by atoms with Gasteiger partial charge in [0.2, 0.25) is 11.8 Å². The molecule has 2 fully saturated rings. The van der Waals surface area contributed by atoms with E-state index >= 15 is 0 Å². The Hall–Kier alpha value is -1.53. The van der Waals surface area contributed by atoms with Crippen molar-refractivity contribution in [1.82, 2.24) is 10.2 Å². The molecule has 1 saturated heterocycles. The first-order valence-electron chi connectivity index (χ1n) is 10.7. The Morgan fingerprint density at radius 1 is 1.11 bits per heavy atom. The van der Waals surface area contributed by atoms with Crippen LogP contribution in [-0.4, -0.2) is 47.1 Å². The SMILES string of the molecule is O=C(C[C@@H]1Sc2ccccc2NC1=O)NCC1(N2CCCCC2)CCCCC1. The van der Waals surface area contributed by atoms with Gasteiger partial charge in [0.15, 0.2) is 0 Å². The molecule has 0 unspecified atom stereocenters. The van der Waals surface area contributed by atoms with Gasteiger partial charge in [-0.05, 0) is 50.9 Å². The molecule has 2 amide bonds. The molecule has 6 heteroatoms. The van der Waals surface area contributed by atoms with E-state index in [1.165, 1.54) is 63.1 Å². The molecule has 0 aromatic heterocycles. The molecule has 1 saturated carbocycles. The van der Waals surface area contributed by atoms with Gasteiger partial charge in [-0.3, -0.25) is 14.5 Å². The van der Waals surface area contributed by atoms with Crippen molar-refractivity contribution in [2.45, 2.75) is 73.5 Å². The van der Waals surface area contributed by atoms with E-state index in [1.807, 2.05) is 24.3 Å². The summed E-state index contributed by atoms with van der Waals surface area (Å²) in [5.74, 6) is -0.0729. The minimum absolute atomic E-state index is 0.00557. The number of hydrogen-bond donors (Lipinski definition) is 2. The monoisotopic (exact) mass is 401 g/mol. The first-order chi connectivity index (χ1) is 13.7. The molecular weight excluding hydrogens is 370 g/mol. The lowest BCUT2D eigenvalue weighted by Crippen LogP contribution is -2.58. The molecule has 0 bridgehead atoms. The van der Waals surface area contributed by atoms with Gasteiger partial charge < -0.3 is 10.6 Å². The number of nitrogens with one attached hydrogen (secondary N) is 2. The van der Waals surface area contributed by atoms with E-state index in [0.717, 1.165) is 30.2 Å². The summed E-state index contributed by atoms with van der Waals surface area (Å²) < 4.78 is 0. The fourth-order valence-electron chi connectivity index (χ4n) is 4.91. The van der Waals surface area contributed by atoms with Crippen molar-refractivity contribution in [2.24, 2.45) is 0 Å². The molecule has 2 aliphatic heterocycles. The van der Waals surface area contributed by atoms with Crippen molar-refractivity contribution in [2.75, 3.05) is 25.0 Å². The van der Waals surface area contributed by atoms with Gasteiger partial charge in [0, 0.05) is 23.4 Å². The zero-order valence-electron chi connectivity index (χ0n) is 16.5. The number of rotatable bonds is 5. The van der Waals surface area contributed by atoms with E-state index in [-0.39, 0.29) is 29.0 Å². The summed E-state index contributed by atoms with van der Waals surface area (Å²) in [6.07, 6.45) is 10.3. The lowest BCUT2D eigenvalue weighted by Gasteiger charge is -2.48. The summed E-state index contributed by atoms with van der Waals surface area (Å²) in [7, 11) is 0. The molecule has 3 aliphatic rings. The number of benzene rings is 1. The van der Waals surface area contributed by atoms with E-state index in [2.05, 4.69) is 15.5 Å². The third-order valence-electron chi connectivity index (χ3n) is 6.50. The van der Waals surface area contributed by atoms with Crippen molar-refractivity contribution in [3.05, 3.63) is 24.3 Å². The molecule has 0 radical (unpaired) electrons. The van der Waals surface area contributed by atoms with Gasteiger partial charge in [0.25, 0.3) is 0 Å². The predicted molar refractivity (Wildman–Crippen MR) is 114 cm³/mol.